The lowest BCUT2D eigenvalue weighted by Crippen LogP contribution is -2.40. The summed E-state index contributed by atoms with van der Waals surface area (Å²) in [6.07, 6.45) is 2.75. The van der Waals surface area contributed by atoms with Crippen LogP contribution in [0.2, 0.25) is 0 Å². The molecule has 0 amide bonds. The third-order valence-electron chi connectivity index (χ3n) is 3.81. The molecule has 136 valence electrons. The molecular weight excluding hydrogens is 352 g/mol. The van der Waals surface area contributed by atoms with Crippen LogP contribution in [-0.4, -0.2) is 53.1 Å². The van der Waals surface area contributed by atoms with Crippen molar-refractivity contribution >= 4 is 20.0 Å². The number of nitrogens with one attached hydrogen (secondary N) is 1. The van der Waals surface area contributed by atoms with E-state index in [2.05, 4.69) is 4.72 Å². The number of rotatable bonds is 8. The van der Waals surface area contributed by atoms with E-state index in [1.54, 1.807) is 12.1 Å². The fourth-order valence-corrected chi connectivity index (χ4v) is 5.14. The molecule has 0 radical (unpaired) electrons. The number of hydrogen-bond acceptors (Lipinski definition) is 5. The van der Waals surface area contributed by atoms with E-state index in [1.807, 2.05) is 6.92 Å². The molecule has 0 aromatic heterocycles. The van der Waals surface area contributed by atoms with Gasteiger partial charge in [0.1, 0.15) is 5.75 Å². The fourth-order valence-electron chi connectivity index (χ4n) is 2.54. The molecular formula is C15H24N2O5S2. The molecule has 1 saturated heterocycles. The highest BCUT2D eigenvalue weighted by molar-refractivity contribution is 7.90. The van der Waals surface area contributed by atoms with Crippen LogP contribution in [0.15, 0.2) is 29.2 Å². The maximum Gasteiger partial charge on any atom is 0.240 e. The average molecular weight is 377 g/mol. The molecule has 0 unspecified atom stereocenters. The normalized spacial score (nSPS) is 16.9. The summed E-state index contributed by atoms with van der Waals surface area (Å²) in [5, 5.41) is 0. The topological polar surface area (TPSA) is 92.8 Å². The van der Waals surface area contributed by atoms with Crippen molar-refractivity contribution in [1.29, 1.82) is 0 Å². The first kappa shape index (κ1) is 19.2. The molecule has 1 aliphatic rings. The van der Waals surface area contributed by atoms with Gasteiger partial charge in [0.2, 0.25) is 20.0 Å². The van der Waals surface area contributed by atoms with Crippen LogP contribution in [0, 0.1) is 0 Å². The summed E-state index contributed by atoms with van der Waals surface area (Å²) in [5.41, 5.74) is 0. The molecule has 1 aliphatic heterocycles. The number of benzene rings is 1. The summed E-state index contributed by atoms with van der Waals surface area (Å²) in [6, 6.07) is 6.02. The molecule has 1 heterocycles. The minimum atomic E-state index is -3.73. The smallest absolute Gasteiger partial charge is 0.240 e. The van der Waals surface area contributed by atoms with Gasteiger partial charge < -0.3 is 4.74 Å². The summed E-state index contributed by atoms with van der Waals surface area (Å²) >= 11 is 0. The number of nitrogens with zero attached hydrogens (tertiary/aromatic N) is 1. The van der Waals surface area contributed by atoms with Gasteiger partial charge in [-0.3, -0.25) is 0 Å². The number of hydrogen-bond donors (Lipinski definition) is 1. The van der Waals surface area contributed by atoms with Gasteiger partial charge in [-0.25, -0.2) is 25.9 Å². The van der Waals surface area contributed by atoms with E-state index in [0.717, 1.165) is 19.3 Å². The molecule has 0 atom stereocenters. The van der Waals surface area contributed by atoms with Gasteiger partial charge in [0.25, 0.3) is 0 Å². The van der Waals surface area contributed by atoms with E-state index in [0.29, 0.717) is 25.4 Å². The van der Waals surface area contributed by atoms with Crippen LogP contribution in [0.4, 0.5) is 0 Å². The molecule has 1 aromatic carbocycles. The van der Waals surface area contributed by atoms with E-state index >= 15 is 0 Å². The fraction of sp³-hybridized carbons (Fsp3) is 0.600. The maximum absolute atomic E-state index is 12.2. The third-order valence-corrected chi connectivity index (χ3v) is 7.15. The zero-order valence-electron chi connectivity index (χ0n) is 13.8. The van der Waals surface area contributed by atoms with Gasteiger partial charge in [-0.15, -0.1) is 0 Å². The van der Waals surface area contributed by atoms with Crippen molar-refractivity contribution < 1.29 is 21.6 Å². The lowest BCUT2D eigenvalue weighted by atomic mass is 10.2. The van der Waals surface area contributed by atoms with Crippen LogP contribution < -0.4 is 9.46 Å². The monoisotopic (exact) mass is 376 g/mol. The Morgan fingerprint density at radius 1 is 1.04 bits per heavy atom. The molecule has 1 aromatic rings. The number of piperidine rings is 1. The Bertz CT molecular complexity index is 724. The quantitative estimate of drug-likeness (QED) is 0.735. The zero-order chi connectivity index (χ0) is 17.6. The van der Waals surface area contributed by atoms with Gasteiger partial charge in [0.05, 0.1) is 17.3 Å². The molecule has 0 aliphatic carbocycles. The second-order valence-electron chi connectivity index (χ2n) is 5.58. The molecule has 0 bridgehead atoms. The van der Waals surface area contributed by atoms with Crippen LogP contribution in [0.1, 0.15) is 26.2 Å². The molecule has 1 fully saturated rings. The summed E-state index contributed by atoms with van der Waals surface area (Å²) in [5.74, 6) is 0.354. The minimum Gasteiger partial charge on any atom is -0.494 e. The zero-order valence-corrected chi connectivity index (χ0v) is 15.4. The number of ether oxygens (including phenoxy) is 1. The predicted octanol–water partition coefficient (Wildman–Crippen LogP) is 1.18. The van der Waals surface area contributed by atoms with Crippen LogP contribution in [0.5, 0.6) is 5.75 Å². The summed E-state index contributed by atoms with van der Waals surface area (Å²) in [4.78, 5) is 0.0846. The molecule has 24 heavy (non-hydrogen) atoms. The highest BCUT2D eigenvalue weighted by Gasteiger charge is 2.24. The Morgan fingerprint density at radius 3 is 2.25 bits per heavy atom. The Kier molecular flexibility index (Phi) is 6.62. The second-order valence-corrected chi connectivity index (χ2v) is 9.43. The van der Waals surface area contributed by atoms with Crippen LogP contribution >= 0.6 is 0 Å². The molecule has 7 nitrogen and oxygen atoms in total. The second kappa shape index (κ2) is 8.28. The summed E-state index contributed by atoms with van der Waals surface area (Å²) in [6.45, 7) is 3.24. The van der Waals surface area contributed by atoms with Gasteiger partial charge in [-0.05, 0) is 44.0 Å². The third kappa shape index (κ3) is 5.17. The maximum atomic E-state index is 12.2. The van der Waals surface area contributed by atoms with Crippen molar-refractivity contribution in [2.24, 2.45) is 0 Å². The Balaban J connectivity index is 1.92. The predicted molar refractivity (Wildman–Crippen MR) is 92.0 cm³/mol. The van der Waals surface area contributed by atoms with Crippen LogP contribution in [0.25, 0.3) is 0 Å². The SMILES string of the molecule is CCOc1ccc(S(=O)(=O)NCCS(=O)(=O)N2CCCCC2)cc1. The van der Waals surface area contributed by atoms with Gasteiger partial charge in [-0.2, -0.15) is 0 Å². The first-order valence-corrected chi connectivity index (χ1v) is 11.1. The average Bonchev–Trinajstić information content (AvgIpc) is 2.56. The van der Waals surface area contributed by atoms with Crippen LogP contribution in [-0.2, 0) is 20.0 Å². The number of sulfonamides is 2. The lowest BCUT2D eigenvalue weighted by molar-refractivity contribution is 0.340. The van der Waals surface area contributed by atoms with Gasteiger partial charge >= 0.3 is 0 Å². The van der Waals surface area contributed by atoms with E-state index in [9.17, 15) is 16.8 Å². The van der Waals surface area contributed by atoms with Crippen LogP contribution in [0.3, 0.4) is 0 Å². The highest BCUT2D eigenvalue weighted by Crippen LogP contribution is 2.16. The summed E-state index contributed by atoms with van der Waals surface area (Å²) < 4.78 is 57.9. The van der Waals surface area contributed by atoms with Crippen molar-refractivity contribution in [3.05, 3.63) is 24.3 Å². The molecule has 0 saturated carbocycles. The Labute approximate surface area is 144 Å². The van der Waals surface area contributed by atoms with E-state index in [4.69, 9.17) is 4.74 Å². The lowest BCUT2D eigenvalue weighted by Gasteiger charge is -2.25. The van der Waals surface area contributed by atoms with Crippen molar-refractivity contribution in [2.45, 2.75) is 31.1 Å². The van der Waals surface area contributed by atoms with E-state index in [-0.39, 0.29) is 17.2 Å². The standard InChI is InChI=1S/C15H24N2O5S2/c1-2-22-14-6-8-15(9-7-14)24(20,21)16-10-13-23(18,19)17-11-4-3-5-12-17/h6-9,16H,2-5,10-13H2,1H3. The molecule has 2 rings (SSSR count). The van der Waals surface area contributed by atoms with E-state index < -0.39 is 20.0 Å². The summed E-state index contributed by atoms with van der Waals surface area (Å²) in [7, 11) is -7.15. The van der Waals surface area contributed by atoms with Crippen molar-refractivity contribution in [3.8, 4) is 5.75 Å². The Morgan fingerprint density at radius 2 is 1.67 bits per heavy atom. The van der Waals surface area contributed by atoms with Gasteiger partial charge in [0, 0.05) is 19.6 Å². The highest BCUT2D eigenvalue weighted by atomic mass is 32.2. The molecule has 0 spiro atoms. The molecule has 1 N–H and O–H groups in total. The Hall–Kier alpha value is -1.16. The van der Waals surface area contributed by atoms with Crippen molar-refractivity contribution in [2.75, 3.05) is 32.0 Å². The molecule has 9 heteroatoms. The first-order valence-electron chi connectivity index (χ1n) is 8.05. The largest absolute Gasteiger partial charge is 0.494 e. The minimum absolute atomic E-state index is 0.0846. The van der Waals surface area contributed by atoms with Gasteiger partial charge in [-0.1, -0.05) is 6.42 Å². The van der Waals surface area contributed by atoms with Crippen molar-refractivity contribution in [1.82, 2.24) is 9.03 Å². The van der Waals surface area contributed by atoms with Crippen molar-refractivity contribution in [3.63, 3.8) is 0 Å². The van der Waals surface area contributed by atoms with Gasteiger partial charge in [0.15, 0.2) is 0 Å². The van der Waals surface area contributed by atoms with E-state index in [1.165, 1.54) is 16.4 Å². The first-order chi connectivity index (χ1) is 11.3.